The van der Waals surface area contributed by atoms with Gasteiger partial charge in [-0.1, -0.05) is 0 Å². The summed E-state index contributed by atoms with van der Waals surface area (Å²) in [7, 11) is 0. The maximum absolute atomic E-state index is 12.0. The highest BCUT2D eigenvalue weighted by molar-refractivity contribution is 14.1. The van der Waals surface area contributed by atoms with Gasteiger partial charge < -0.3 is 4.74 Å². The highest BCUT2D eigenvalue weighted by Gasteiger charge is 2.30. The van der Waals surface area contributed by atoms with Gasteiger partial charge in [-0.05, 0) is 30.3 Å². The Morgan fingerprint density at radius 1 is 1.06 bits per heavy atom. The molecule has 94 valence electrons. The third kappa shape index (κ3) is 3.56. The van der Waals surface area contributed by atoms with E-state index in [0.717, 1.165) is 0 Å². The minimum Gasteiger partial charge on any atom is -0.406 e. The summed E-state index contributed by atoms with van der Waals surface area (Å²) in [6, 6.07) is 7.20. The van der Waals surface area contributed by atoms with Crippen molar-refractivity contribution in [1.29, 1.82) is 0 Å². The lowest BCUT2D eigenvalue weighted by atomic mass is 10.1. The number of rotatable bonds is 2. The van der Waals surface area contributed by atoms with Gasteiger partial charge in [0.05, 0.1) is 5.69 Å². The Kier molecular flexibility index (Phi) is 3.69. The van der Waals surface area contributed by atoms with E-state index in [-0.39, 0.29) is 5.75 Å². The number of halogens is 4. The first-order valence-electron chi connectivity index (χ1n) is 4.79. The number of nitrogens with zero attached hydrogens (tertiary/aromatic N) is 2. The molecule has 18 heavy (non-hydrogen) atoms. The Morgan fingerprint density at radius 3 is 2.28 bits per heavy atom. The summed E-state index contributed by atoms with van der Waals surface area (Å²) in [5, 5.41) is 0. The highest BCUT2D eigenvalue weighted by Crippen LogP contribution is 2.25. The zero-order valence-corrected chi connectivity index (χ0v) is 10.9. The van der Waals surface area contributed by atoms with Crippen LogP contribution in [0.15, 0.2) is 36.5 Å². The Labute approximate surface area is 114 Å². The number of ether oxygens (including phenoxy) is 1. The molecule has 2 aromatic rings. The third-order valence-electron chi connectivity index (χ3n) is 2.01. The molecular weight excluding hydrogens is 360 g/mol. The van der Waals surface area contributed by atoms with Crippen molar-refractivity contribution in [2.24, 2.45) is 0 Å². The van der Waals surface area contributed by atoms with E-state index < -0.39 is 6.36 Å². The molecule has 0 saturated heterocycles. The normalized spacial score (nSPS) is 11.3. The molecule has 1 aromatic heterocycles. The fourth-order valence-corrected chi connectivity index (χ4v) is 1.74. The molecule has 0 radical (unpaired) electrons. The summed E-state index contributed by atoms with van der Waals surface area (Å²) in [5.74, 6) is -0.255. The molecule has 0 aliphatic heterocycles. The monoisotopic (exact) mass is 366 g/mol. The van der Waals surface area contributed by atoms with Gasteiger partial charge in [0.1, 0.15) is 5.75 Å². The van der Waals surface area contributed by atoms with Crippen LogP contribution >= 0.6 is 22.6 Å². The first-order chi connectivity index (χ1) is 8.44. The van der Waals surface area contributed by atoms with Crippen molar-refractivity contribution < 1.29 is 17.9 Å². The molecule has 0 fully saturated rings. The predicted octanol–water partition coefficient (Wildman–Crippen LogP) is 3.65. The number of hydrogen-bond acceptors (Lipinski definition) is 3. The van der Waals surface area contributed by atoms with Gasteiger partial charge in [0.15, 0.2) is 3.83 Å². The van der Waals surface area contributed by atoms with Crippen LogP contribution in [0.4, 0.5) is 13.2 Å². The van der Waals surface area contributed by atoms with Crippen LogP contribution in [0.5, 0.6) is 5.75 Å². The van der Waals surface area contributed by atoms with Crippen molar-refractivity contribution in [3.63, 3.8) is 0 Å². The van der Waals surface area contributed by atoms with E-state index in [1.807, 2.05) is 22.6 Å². The molecule has 0 atom stereocenters. The van der Waals surface area contributed by atoms with Gasteiger partial charge >= 0.3 is 6.36 Å². The van der Waals surface area contributed by atoms with Crippen molar-refractivity contribution in [2.75, 3.05) is 0 Å². The minimum absolute atomic E-state index is 0.255. The van der Waals surface area contributed by atoms with Crippen molar-refractivity contribution in [2.45, 2.75) is 6.36 Å². The van der Waals surface area contributed by atoms with Gasteiger partial charge in [0, 0.05) is 34.4 Å². The second-order valence-corrected chi connectivity index (χ2v) is 4.25. The van der Waals surface area contributed by atoms with E-state index in [4.69, 9.17) is 0 Å². The lowest BCUT2D eigenvalue weighted by molar-refractivity contribution is -0.274. The topological polar surface area (TPSA) is 35.0 Å². The van der Waals surface area contributed by atoms with Crippen LogP contribution in [-0.2, 0) is 0 Å². The highest BCUT2D eigenvalue weighted by atomic mass is 127. The average Bonchev–Trinajstić information content (AvgIpc) is 2.28. The predicted molar refractivity (Wildman–Crippen MR) is 66.9 cm³/mol. The zero-order chi connectivity index (χ0) is 13.2. The molecule has 0 aliphatic carbocycles. The molecule has 3 nitrogen and oxygen atoms in total. The first kappa shape index (κ1) is 13.1. The van der Waals surface area contributed by atoms with Crippen molar-refractivity contribution in [3.05, 3.63) is 40.4 Å². The summed E-state index contributed by atoms with van der Waals surface area (Å²) in [6.45, 7) is 0. The van der Waals surface area contributed by atoms with Crippen LogP contribution in [0.2, 0.25) is 0 Å². The Hall–Kier alpha value is -1.38. The van der Waals surface area contributed by atoms with E-state index in [1.165, 1.54) is 24.3 Å². The van der Waals surface area contributed by atoms with Crippen LogP contribution in [0.25, 0.3) is 11.3 Å². The second-order valence-electron chi connectivity index (χ2n) is 3.28. The molecule has 0 saturated carbocycles. The van der Waals surface area contributed by atoms with Crippen LogP contribution in [0, 0.1) is 3.83 Å². The largest absolute Gasteiger partial charge is 0.573 e. The van der Waals surface area contributed by atoms with Crippen LogP contribution in [0.1, 0.15) is 0 Å². The number of hydrogen-bond donors (Lipinski definition) is 0. The summed E-state index contributed by atoms with van der Waals surface area (Å²) in [4.78, 5) is 8.09. The zero-order valence-electron chi connectivity index (χ0n) is 8.78. The lowest BCUT2D eigenvalue weighted by Crippen LogP contribution is -2.16. The van der Waals surface area contributed by atoms with Crippen LogP contribution in [0.3, 0.4) is 0 Å². The van der Waals surface area contributed by atoms with E-state index >= 15 is 0 Å². The van der Waals surface area contributed by atoms with Gasteiger partial charge in [-0.3, -0.25) is 0 Å². The molecule has 0 unspecified atom stereocenters. The summed E-state index contributed by atoms with van der Waals surface area (Å²) in [5.41, 5.74) is 1.35. The smallest absolute Gasteiger partial charge is 0.406 e. The molecule has 0 spiro atoms. The summed E-state index contributed by atoms with van der Waals surface area (Å²) in [6.07, 6.45) is -3.09. The van der Waals surface area contributed by atoms with Gasteiger partial charge in [0.2, 0.25) is 0 Å². The molecule has 1 aromatic carbocycles. The third-order valence-corrected chi connectivity index (χ3v) is 2.53. The van der Waals surface area contributed by atoms with Crippen LogP contribution < -0.4 is 4.74 Å². The molecule has 0 N–H and O–H groups in total. The first-order valence-corrected chi connectivity index (χ1v) is 5.87. The Balaban J connectivity index is 2.22. The number of alkyl halides is 3. The van der Waals surface area contributed by atoms with Crippen LogP contribution in [-0.4, -0.2) is 16.3 Å². The summed E-state index contributed by atoms with van der Waals surface area (Å²) < 4.78 is 40.3. The van der Waals surface area contributed by atoms with E-state index in [2.05, 4.69) is 14.7 Å². The van der Waals surface area contributed by atoms with E-state index in [9.17, 15) is 13.2 Å². The number of benzene rings is 1. The fourth-order valence-electron chi connectivity index (χ4n) is 1.32. The molecule has 0 aliphatic rings. The SMILES string of the molecule is FC(F)(F)Oc1ccc(-c2ccnc(I)n2)cc1. The quantitative estimate of drug-likeness (QED) is 0.601. The standard InChI is InChI=1S/C11H6F3IN2O/c12-11(13,14)18-8-3-1-7(2-4-8)9-5-6-16-10(15)17-9/h1-6H. The van der Waals surface area contributed by atoms with Gasteiger partial charge in [0.25, 0.3) is 0 Å². The van der Waals surface area contributed by atoms with Crippen molar-refractivity contribution in [3.8, 4) is 17.0 Å². The van der Waals surface area contributed by atoms with Gasteiger partial charge in [-0.2, -0.15) is 0 Å². The molecule has 2 rings (SSSR count). The Morgan fingerprint density at radius 2 is 1.72 bits per heavy atom. The van der Waals surface area contributed by atoms with Gasteiger partial charge in [-0.25, -0.2) is 9.97 Å². The molecule has 1 heterocycles. The van der Waals surface area contributed by atoms with Gasteiger partial charge in [-0.15, -0.1) is 13.2 Å². The van der Waals surface area contributed by atoms with Crippen molar-refractivity contribution in [1.82, 2.24) is 9.97 Å². The lowest BCUT2D eigenvalue weighted by Gasteiger charge is -2.09. The van der Waals surface area contributed by atoms with E-state index in [1.54, 1.807) is 12.3 Å². The Bertz CT molecular complexity index is 543. The second kappa shape index (κ2) is 5.09. The molecule has 7 heteroatoms. The number of aromatic nitrogens is 2. The molecule has 0 amide bonds. The fraction of sp³-hybridized carbons (Fsp3) is 0.0909. The van der Waals surface area contributed by atoms with Crippen molar-refractivity contribution >= 4 is 22.6 Å². The van der Waals surface area contributed by atoms with E-state index in [0.29, 0.717) is 15.1 Å². The average molecular weight is 366 g/mol. The molecule has 0 bridgehead atoms. The minimum atomic E-state index is -4.67. The maximum Gasteiger partial charge on any atom is 0.573 e. The molecular formula is C11H6F3IN2O. The summed E-state index contributed by atoms with van der Waals surface area (Å²) >= 11 is 1.96. The maximum atomic E-state index is 12.0.